The van der Waals surface area contributed by atoms with Crippen LogP contribution in [0.5, 0.6) is 0 Å². The molecule has 0 unspecified atom stereocenters. The number of ketones is 1. The van der Waals surface area contributed by atoms with Crippen molar-refractivity contribution in [2.75, 3.05) is 13.2 Å². The van der Waals surface area contributed by atoms with Crippen LogP contribution in [0.1, 0.15) is 6.92 Å². The van der Waals surface area contributed by atoms with Crippen molar-refractivity contribution >= 4 is 5.78 Å². The molecule has 0 N–H and O–H groups in total. The highest BCUT2D eigenvalue weighted by Gasteiger charge is 2.36. The molecule has 0 aliphatic heterocycles. The molecular formula is C7H10F2O2. The molecule has 0 aromatic carbocycles. The predicted octanol–water partition coefficient (Wildman–Crippen LogP) is 1.41. The van der Waals surface area contributed by atoms with E-state index in [1.54, 1.807) is 6.92 Å². The van der Waals surface area contributed by atoms with E-state index in [0.717, 1.165) is 0 Å². The fourth-order valence-electron chi connectivity index (χ4n) is 0.451. The summed E-state index contributed by atoms with van der Waals surface area (Å²) < 4.78 is 29.3. The van der Waals surface area contributed by atoms with Gasteiger partial charge in [0.05, 0.1) is 0 Å². The molecule has 0 aliphatic rings. The summed E-state index contributed by atoms with van der Waals surface area (Å²) in [5, 5.41) is 0. The molecule has 0 atom stereocenters. The summed E-state index contributed by atoms with van der Waals surface area (Å²) in [7, 11) is 0. The maximum absolute atomic E-state index is 12.5. The zero-order valence-electron chi connectivity index (χ0n) is 6.27. The first-order valence-corrected chi connectivity index (χ1v) is 3.17. The van der Waals surface area contributed by atoms with Crippen molar-refractivity contribution < 1.29 is 18.3 Å². The van der Waals surface area contributed by atoms with Crippen LogP contribution in [0.15, 0.2) is 12.7 Å². The minimum atomic E-state index is -3.42. The Morgan fingerprint density at radius 2 is 2.27 bits per heavy atom. The van der Waals surface area contributed by atoms with Gasteiger partial charge in [-0.1, -0.05) is 6.58 Å². The van der Waals surface area contributed by atoms with E-state index in [0.29, 0.717) is 6.08 Å². The van der Waals surface area contributed by atoms with E-state index in [-0.39, 0.29) is 6.61 Å². The zero-order chi connectivity index (χ0) is 8.91. The molecule has 0 rings (SSSR count). The van der Waals surface area contributed by atoms with Crippen LogP contribution in [-0.2, 0) is 9.53 Å². The molecule has 2 nitrogen and oxygen atoms in total. The molecule has 0 spiro atoms. The monoisotopic (exact) mass is 164 g/mol. The van der Waals surface area contributed by atoms with E-state index in [2.05, 4.69) is 11.3 Å². The first kappa shape index (κ1) is 10.2. The lowest BCUT2D eigenvalue weighted by Crippen LogP contribution is -2.32. The normalized spacial score (nSPS) is 11.2. The molecule has 0 heterocycles. The number of carbonyl (C=O) groups excluding carboxylic acids is 1. The molecule has 0 radical (unpaired) electrons. The number of hydrogen-bond donors (Lipinski definition) is 0. The van der Waals surface area contributed by atoms with Crippen LogP contribution in [0.2, 0.25) is 0 Å². The van der Waals surface area contributed by atoms with Gasteiger partial charge in [-0.2, -0.15) is 8.78 Å². The minimum absolute atomic E-state index is 0.167. The Morgan fingerprint density at radius 3 is 2.64 bits per heavy atom. The molecule has 0 fully saturated rings. The molecule has 4 heteroatoms. The molecule has 0 saturated heterocycles. The second-order valence-electron chi connectivity index (χ2n) is 1.91. The summed E-state index contributed by atoms with van der Waals surface area (Å²) >= 11 is 0. The number of ether oxygens (including phenoxy) is 1. The van der Waals surface area contributed by atoms with Crippen molar-refractivity contribution in [1.29, 1.82) is 0 Å². The van der Waals surface area contributed by atoms with Crippen LogP contribution < -0.4 is 0 Å². The number of carbonyl (C=O) groups is 1. The lowest BCUT2D eigenvalue weighted by molar-refractivity contribution is -0.146. The first-order valence-electron chi connectivity index (χ1n) is 3.17. The van der Waals surface area contributed by atoms with Gasteiger partial charge in [0.25, 0.3) is 0 Å². The minimum Gasteiger partial charge on any atom is -0.375 e. The molecule has 11 heavy (non-hydrogen) atoms. The summed E-state index contributed by atoms with van der Waals surface area (Å²) in [5.74, 6) is -4.72. The molecule has 0 aliphatic carbocycles. The second-order valence-corrected chi connectivity index (χ2v) is 1.91. The Morgan fingerprint density at radius 1 is 1.73 bits per heavy atom. The predicted molar refractivity (Wildman–Crippen MR) is 36.6 cm³/mol. The van der Waals surface area contributed by atoms with E-state index < -0.39 is 18.3 Å². The molecular weight excluding hydrogens is 154 g/mol. The van der Waals surface area contributed by atoms with Crippen molar-refractivity contribution in [3.05, 3.63) is 12.7 Å². The lowest BCUT2D eigenvalue weighted by Gasteiger charge is -2.11. The molecule has 0 bridgehead atoms. The summed E-state index contributed by atoms with van der Waals surface area (Å²) in [4.78, 5) is 10.4. The SMILES string of the molecule is C=CC(=O)C(F)(F)COCC. The van der Waals surface area contributed by atoms with E-state index in [9.17, 15) is 13.6 Å². The highest BCUT2D eigenvalue weighted by molar-refractivity contribution is 5.95. The lowest BCUT2D eigenvalue weighted by atomic mass is 10.2. The van der Waals surface area contributed by atoms with Crippen LogP contribution in [0.4, 0.5) is 8.78 Å². The third-order valence-corrected chi connectivity index (χ3v) is 1.03. The van der Waals surface area contributed by atoms with E-state index in [4.69, 9.17) is 0 Å². The maximum Gasteiger partial charge on any atom is 0.331 e. The average molecular weight is 164 g/mol. The van der Waals surface area contributed by atoms with E-state index in [1.807, 2.05) is 0 Å². The molecule has 64 valence electrons. The van der Waals surface area contributed by atoms with Crippen molar-refractivity contribution in [2.24, 2.45) is 0 Å². The zero-order valence-corrected chi connectivity index (χ0v) is 6.27. The molecule has 0 aromatic heterocycles. The van der Waals surface area contributed by atoms with Gasteiger partial charge in [-0.3, -0.25) is 4.79 Å². The summed E-state index contributed by atoms with van der Waals surface area (Å²) in [6.07, 6.45) is 0.596. The van der Waals surface area contributed by atoms with Gasteiger partial charge in [0.2, 0.25) is 5.78 Å². The number of alkyl halides is 2. The van der Waals surface area contributed by atoms with Crippen LogP contribution in [0.3, 0.4) is 0 Å². The first-order chi connectivity index (χ1) is 5.04. The number of hydrogen-bond acceptors (Lipinski definition) is 2. The third-order valence-electron chi connectivity index (χ3n) is 1.03. The molecule has 0 amide bonds. The summed E-state index contributed by atoms with van der Waals surface area (Å²) in [5.41, 5.74) is 0. The van der Waals surface area contributed by atoms with Crippen molar-refractivity contribution in [2.45, 2.75) is 12.8 Å². The van der Waals surface area contributed by atoms with Gasteiger partial charge in [-0.05, 0) is 13.0 Å². The number of rotatable bonds is 5. The summed E-state index contributed by atoms with van der Waals surface area (Å²) in [6.45, 7) is 3.83. The molecule has 0 aromatic rings. The van der Waals surface area contributed by atoms with Gasteiger partial charge in [-0.25, -0.2) is 0 Å². The van der Waals surface area contributed by atoms with E-state index in [1.165, 1.54) is 0 Å². The molecule has 0 saturated carbocycles. The Labute approximate surface area is 63.8 Å². The van der Waals surface area contributed by atoms with Crippen molar-refractivity contribution in [3.63, 3.8) is 0 Å². The number of allylic oxidation sites excluding steroid dienone is 1. The van der Waals surface area contributed by atoms with Crippen molar-refractivity contribution in [3.8, 4) is 0 Å². The number of halogens is 2. The largest absolute Gasteiger partial charge is 0.375 e. The Kier molecular flexibility index (Phi) is 3.89. The van der Waals surface area contributed by atoms with Gasteiger partial charge in [0, 0.05) is 6.61 Å². The maximum atomic E-state index is 12.5. The van der Waals surface area contributed by atoms with Gasteiger partial charge in [0.15, 0.2) is 0 Å². The second kappa shape index (κ2) is 4.18. The topological polar surface area (TPSA) is 26.3 Å². The quantitative estimate of drug-likeness (QED) is 0.574. The highest BCUT2D eigenvalue weighted by Crippen LogP contribution is 2.15. The average Bonchev–Trinajstić information content (AvgIpc) is 1.99. The Hall–Kier alpha value is -0.770. The fourth-order valence-corrected chi connectivity index (χ4v) is 0.451. The third kappa shape index (κ3) is 3.23. The standard InChI is InChI=1S/C7H10F2O2/c1-3-6(10)7(8,9)5-11-4-2/h3H,1,4-5H2,2H3. The van der Waals surface area contributed by atoms with E-state index >= 15 is 0 Å². The van der Waals surface area contributed by atoms with Crippen LogP contribution in [0.25, 0.3) is 0 Å². The van der Waals surface area contributed by atoms with Gasteiger partial charge in [0.1, 0.15) is 6.61 Å². The highest BCUT2D eigenvalue weighted by atomic mass is 19.3. The Balaban J connectivity index is 3.98. The summed E-state index contributed by atoms with van der Waals surface area (Å²) in [6, 6.07) is 0. The smallest absolute Gasteiger partial charge is 0.331 e. The van der Waals surface area contributed by atoms with Crippen LogP contribution >= 0.6 is 0 Å². The van der Waals surface area contributed by atoms with Crippen LogP contribution in [0, 0.1) is 0 Å². The van der Waals surface area contributed by atoms with Crippen LogP contribution in [-0.4, -0.2) is 24.9 Å². The van der Waals surface area contributed by atoms with Gasteiger partial charge >= 0.3 is 5.92 Å². The van der Waals surface area contributed by atoms with Crippen molar-refractivity contribution in [1.82, 2.24) is 0 Å². The van der Waals surface area contributed by atoms with Gasteiger partial charge < -0.3 is 4.74 Å². The fraction of sp³-hybridized carbons (Fsp3) is 0.571. The van der Waals surface area contributed by atoms with Gasteiger partial charge in [-0.15, -0.1) is 0 Å². The Bertz CT molecular complexity index is 155.